The van der Waals surface area contributed by atoms with E-state index in [2.05, 4.69) is 0 Å². The molecule has 0 aliphatic heterocycles. The van der Waals surface area contributed by atoms with Crippen LogP contribution < -0.4 is 5.73 Å². The van der Waals surface area contributed by atoms with E-state index in [1.165, 1.54) is 25.7 Å². The maximum atomic E-state index is 5.62. The molecule has 52 valence electrons. The normalized spacial score (nSPS) is 48.3. The molecule has 3 rings (SSSR count). The van der Waals surface area contributed by atoms with Crippen LogP contribution >= 0.6 is 0 Å². The highest BCUT2D eigenvalue weighted by Crippen LogP contribution is 2.49. The number of hydrogen-bond donors (Lipinski definition) is 1. The molecule has 2 N–H and O–H groups in total. The quantitative estimate of drug-likeness (QED) is 0.563. The zero-order valence-electron chi connectivity index (χ0n) is 5.84. The van der Waals surface area contributed by atoms with Crippen LogP contribution in [0, 0.1) is 17.8 Å². The molecule has 3 aliphatic carbocycles. The fourth-order valence-electron chi connectivity index (χ4n) is 2.62. The Morgan fingerprint density at radius 2 is 1.89 bits per heavy atom. The van der Waals surface area contributed by atoms with E-state index in [1.54, 1.807) is 0 Å². The van der Waals surface area contributed by atoms with E-state index in [4.69, 9.17) is 5.73 Å². The van der Waals surface area contributed by atoms with E-state index in [-0.39, 0.29) is 0 Å². The van der Waals surface area contributed by atoms with E-state index in [0.717, 1.165) is 24.3 Å². The van der Waals surface area contributed by atoms with Gasteiger partial charge in [-0.3, -0.25) is 0 Å². The number of nitrogens with two attached hydrogens (primary N) is 1. The first-order chi connectivity index (χ1) is 4.42. The van der Waals surface area contributed by atoms with Gasteiger partial charge in [0.15, 0.2) is 0 Å². The van der Waals surface area contributed by atoms with Crippen molar-refractivity contribution >= 4 is 0 Å². The largest absolute Gasteiger partial charge is 0.330 e. The van der Waals surface area contributed by atoms with Crippen molar-refractivity contribution in [3.05, 3.63) is 0 Å². The van der Waals surface area contributed by atoms with E-state index in [0.29, 0.717) is 0 Å². The Morgan fingerprint density at radius 1 is 1.22 bits per heavy atom. The Labute approximate surface area is 56.6 Å². The topological polar surface area (TPSA) is 26.0 Å². The summed E-state index contributed by atoms with van der Waals surface area (Å²) in [6.07, 6.45) is 5.92. The van der Waals surface area contributed by atoms with E-state index in [9.17, 15) is 0 Å². The summed E-state index contributed by atoms with van der Waals surface area (Å²) < 4.78 is 0. The van der Waals surface area contributed by atoms with Crippen molar-refractivity contribution in [2.45, 2.75) is 25.7 Å². The molecule has 2 atom stereocenters. The lowest BCUT2D eigenvalue weighted by atomic mass is 9.57. The molecule has 0 saturated heterocycles. The molecule has 0 aromatic heterocycles. The molecular weight excluding hydrogens is 110 g/mol. The van der Waals surface area contributed by atoms with Gasteiger partial charge in [0.1, 0.15) is 0 Å². The highest BCUT2D eigenvalue weighted by Gasteiger charge is 2.42. The number of rotatable bonds is 1. The van der Waals surface area contributed by atoms with Crippen molar-refractivity contribution in [3.63, 3.8) is 0 Å². The van der Waals surface area contributed by atoms with Crippen LogP contribution in [0.25, 0.3) is 0 Å². The van der Waals surface area contributed by atoms with Crippen molar-refractivity contribution in [1.82, 2.24) is 0 Å². The minimum absolute atomic E-state index is 0.929. The average Bonchev–Trinajstić information content (AvgIpc) is 1.90. The van der Waals surface area contributed by atoms with Gasteiger partial charge in [0, 0.05) is 0 Å². The van der Waals surface area contributed by atoms with Crippen LogP contribution in [0.4, 0.5) is 0 Å². The first-order valence-electron chi connectivity index (χ1n) is 4.12. The lowest BCUT2D eigenvalue weighted by molar-refractivity contribution is 0.0211. The molecule has 3 fully saturated rings. The molecule has 1 heteroatoms. The first-order valence-corrected chi connectivity index (χ1v) is 4.12. The van der Waals surface area contributed by atoms with E-state index >= 15 is 0 Å². The van der Waals surface area contributed by atoms with Crippen molar-refractivity contribution < 1.29 is 0 Å². The van der Waals surface area contributed by atoms with E-state index < -0.39 is 0 Å². The number of hydrogen-bond acceptors (Lipinski definition) is 1. The van der Waals surface area contributed by atoms with Crippen molar-refractivity contribution in [3.8, 4) is 0 Å². The molecule has 0 radical (unpaired) electrons. The maximum Gasteiger partial charge on any atom is -0.00436 e. The lowest BCUT2D eigenvalue weighted by Gasteiger charge is -2.49. The van der Waals surface area contributed by atoms with Crippen LogP contribution in [0.2, 0.25) is 0 Å². The summed E-state index contributed by atoms with van der Waals surface area (Å²) in [5.41, 5.74) is 5.62. The zero-order valence-corrected chi connectivity index (χ0v) is 5.84. The molecule has 0 spiro atoms. The summed E-state index contributed by atoms with van der Waals surface area (Å²) in [5.74, 6) is 3.00. The predicted molar refractivity (Wildman–Crippen MR) is 38.0 cm³/mol. The minimum Gasteiger partial charge on any atom is -0.330 e. The van der Waals surface area contributed by atoms with Gasteiger partial charge in [0.25, 0.3) is 0 Å². The second kappa shape index (κ2) is 1.98. The molecule has 9 heavy (non-hydrogen) atoms. The minimum atomic E-state index is 0.929. The van der Waals surface area contributed by atoms with Gasteiger partial charge in [0.2, 0.25) is 0 Å². The van der Waals surface area contributed by atoms with Gasteiger partial charge in [-0.1, -0.05) is 19.3 Å². The third-order valence-corrected chi connectivity index (χ3v) is 3.24. The van der Waals surface area contributed by atoms with Gasteiger partial charge in [-0.15, -0.1) is 0 Å². The Kier molecular flexibility index (Phi) is 1.26. The molecule has 3 saturated carbocycles. The number of fused-ring (bicyclic) bond motifs is 2. The summed E-state index contributed by atoms with van der Waals surface area (Å²) in [6.45, 7) is 0.954. The monoisotopic (exact) mass is 125 g/mol. The third kappa shape index (κ3) is 0.710. The smallest absolute Gasteiger partial charge is 0.00436 e. The van der Waals surface area contributed by atoms with Crippen molar-refractivity contribution in [2.75, 3.05) is 6.54 Å². The summed E-state index contributed by atoms with van der Waals surface area (Å²) >= 11 is 0. The van der Waals surface area contributed by atoms with Gasteiger partial charge in [-0.05, 0) is 30.7 Å². The average molecular weight is 125 g/mol. The highest BCUT2D eigenvalue weighted by molar-refractivity contribution is 4.93. The van der Waals surface area contributed by atoms with Crippen LogP contribution in [0.1, 0.15) is 25.7 Å². The maximum absolute atomic E-state index is 5.62. The molecule has 2 bridgehead atoms. The second-order valence-electron chi connectivity index (χ2n) is 3.59. The summed E-state index contributed by atoms with van der Waals surface area (Å²) in [6, 6.07) is 0. The third-order valence-electron chi connectivity index (χ3n) is 3.24. The van der Waals surface area contributed by atoms with Gasteiger partial charge < -0.3 is 5.73 Å². The fourth-order valence-corrected chi connectivity index (χ4v) is 2.62. The van der Waals surface area contributed by atoms with Gasteiger partial charge in [0.05, 0.1) is 0 Å². The van der Waals surface area contributed by atoms with Gasteiger partial charge in [-0.25, -0.2) is 0 Å². The molecule has 0 heterocycles. The molecule has 0 aromatic carbocycles. The Bertz CT molecular complexity index is 97.1. The molecule has 1 nitrogen and oxygen atoms in total. The van der Waals surface area contributed by atoms with Crippen LogP contribution in [0.15, 0.2) is 0 Å². The first kappa shape index (κ1) is 5.72. The predicted octanol–water partition coefficient (Wildman–Crippen LogP) is 1.38. The SMILES string of the molecule is NCC1C2CCCC1C2. The summed E-state index contributed by atoms with van der Waals surface area (Å²) in [7, 11) is 0. The van der Waals surface area contributed by atoms with Crippen LogP contribution in [0.3, 0.4) is 0 Å². The Hall–Kier alpha value is -0.0400. The fraction of sp³-hybridized carbons (Fsp3) is 1.00. The Balaban J connectivity index is 1.97. The molecular formula is C8H15N. The van der Waals surface area contributed by atoms with Crippen LogP contribution in [-0.4, -0.2) is 6.54 Å². The highest BCUT2D eigenvalue weighted by atomic mass is 14.6. The molecule has 2 unspecified atom stereocenters. The van der Waals surface area contributed by atoms with E-state index in [1.807, 2.05) is 0 Å². The standard InChI is InChI=1S/C8H15N/c9-5-8-6-2-1-3-7(8)4-6/h6-8H,1-5,9H2. The van der Waals surface area contributed by atoms with Crippen LogP contribution in [0.5, 0.6) is 0 Å². The van der Waals surface area contributed by atoms with Crippen molar-refractivity contribution in [2.24, 2.45) is 23.5 Å². The van der Waals surface area contributed by atoms with Gasteiger partial charge in [-0.2, -0.15) is 0 Å². The summed E-state index contributed by atoms with van der Waals surface area (Å²) in [4.78, 5) is 0. The Morgan fingerprint density at radius 3 is 2.22 bits per heavy atom. The lowest BCUT2D eigenvalue weighted by Crippen LogP contribution is -2.44. The molecule has 0 amide bonds. The van der Waals surface area contributed by atoms with Gasteiger partial charge >= 0.3 is 0 Å². The van der Waals surface area contributed by atoms with Crippen molar-refractivity contribution in [1.29, 1.82) is 0 Å². The molecule has 3 aliphatic rings. The molecule has 0 aromatic rings. The van der Waals surface area contributed by atoms with Crippen LogP contribution in [-0.2, 0) is 0 Å². The zero-order chi connectivity index (χ0) is 6.27. The summed E-state index contributed by atoms with van der Waals surface area (Å²) in [5, 5.41) is 0. The second-order valence-corrected chi connectivity index (χ2v) is 3.59.